The molecule has 0 spiro atoms. The lowest BCUT2D eigenvalue weighted by Gasteiger charge is -2.20. The number of benzene rings is 1. The Balaban J connectivity index is 2.16. The Morgan fingerprint density at radius 3 is 2.48 bits per heavy atom. The van der Waals surface area contributed by atoms with Crippen molar-refractivity contribution in [3.8, 4) is 11.4 Å². The number of carbonyl (C=O) groups is 2. The van der Waals surface area contributed by atoms with Gasteiger partial charge in [-0.3, -0.25) is 10.1 Å². The molecule has 134 valence electrons. The first-order valence-corrected chi connectivity index (χ1v) is 8.29. The first kappa shape index (κ1) is 19.2. The van der Waals surface area contributed by atoms with Crippen LogP contribution in [0.15, 0.2) is 18.2 Å². The number of hydrogen-bond acceptors (Lipinski definition) is 4. The number of carbonyl (C=O) groups excluding carboxylic acids is 2. The van der Waals surface area contributed by atoms with Crippen molar-refractivity contribution in [1.29, 1.82) is 0 Å². The van der Waals surface area contributed by atoms with Crippen molar-refractivity contribution in [3.63, 3.8) is 0 Å². The van der Waals surface area contributed by atoms with E-state index in [1.165, 1.54) is 4.68 Å². The number of urea groups is 1. The highest BCUT2D eigenvalue weighted by atomic mass is 35.5. The van der Waals surface area contributed by atoms with E-state index in [2.05, 4.69) is 20.7 Å². The first-order chi connectivity index (χ1) is 11.5. The summed E-state index contributed by atoms with van der Waals surface area (Å²) < 4.78 is 1.41. The quantitative estimate of drug-likeness (QED) is 0.851. The molecule has 3 amide bonds. The second-order valence-electron chi connectivity index (χ2n) is 6.52. The molecule has 0 unspecified atom stereocenters. The molecule has 7 nitrogen and oxygen atoms in total. The molecule has 2 rings (SSSR count). The van der Waals surface area contributed by atoms with Gasteiger partial charge >= 0.3 is 6.03 Å². The van der Waals surface area contributed by atoms with E-state index in [4.69, 9.17) is 23.2 Å². The number of nitrogens with zero attached hydrogens (tertiary/aromatic N) is 3. The van der Waals surface area contributed by atoms with Crippen LogP contribution in [0.4, 0.5) is 4.79 Å². The maximum Gasteiger partial charge on any atom is 0.321 e. The summed E-state index contributed by atoms with van der Waals surface area (Å²) in [5, 5.41) is 9.92. The van der Waals surface area contributed by atoms with Gasteiger partial charge in [-0.15, -0.1) is 0 Å². The largest absolute Gasteiger partial charge is 0.333 e. The van der Waals surface area contributed by atoms with Gasteiger partial charge in [0.05, 0.1) is 10.0 Å². The van der Waals surface area contributed by atoms with Gasteiger partial charge in [-0.25, -0.2) is 14.5 Å². The zero-order chi connectivity index (χ0) is 18.8. The molecule has 1 aromatic carbocycles. The minimum absolute atomic E-state index is 0.159. The van der Waals surface area contributed by atoms with Gasteiger partial charge < -0.3 is 5.32 Å². The molecule has 0 radical (unpaired) electrons. The van der Waals surface area contributed by atoms with Crippen LogP contribution in [0.3, 0.4) is 0 Å². The van der Waals surface area contributed by atoms with E-state index < -0.39 is 17.5 Å². The van der Waals surface area contributed by atoms with Crippen LogP contribution < -0.4 is 10.6 Å². The third-order valence-electron chi connectivity index (χ3n) is 2.99. The van der Waals surface area contributed by atoms with Crippen LogP contribution >= 0.6 is 23.2 Å². The lowest BCUT2D eigenvalue weighted by molar-refractivity contribution is -0.120. The lowest BCUT2D eigenvalue weighted by atomic mass is 10.1. The van der Waals surface area contributed by atoms with E-state index in [-0.39, 0.29) is 6.54 Å². The maximum absolute atomic E-state index is 12.1. The summed E-state index contributed by atoms with van der Waals surface area (Å²) in [7, 11) is 0. The summed E-state index contributed by atoms with van der Waals surface area (Å²) in [6, 6.07) is 4.46. The number of nitrogens with one attached hydrogen (secondary N) is 2. The number of hydrogen-bond donors (Lipinski definition) is 2. The number of aryl methyl sites for hydroxylation is 1. The van der Waals surface area contributed by atoms with E-state index >= 15 is 0 Å². The molecule has 2 N–H and O–H groups in total. The SMILES string of the molecule is Cc1nc(-c2ccc(Cl)c(Cl)c2)n(CC(=O)NC(=O)NC(C)(C)C)n1. The predicted octanol–water partition coefficient (Wildman–Crippen LogP) is 3.18. The summed E-state index contributed by atoms with van der Waals surface area (Å²) >= 11 is 12.0. The minimum atomic E-state index is -0.564. The van der Waals surface area contributed by atoms with Crippen LogP contribution in [-0.2, 0) is 11.3 Å². The normalized spacial score (nSPS) is 11.3. The first-order valence-electron chi connectivity index (χ1n) is 7.54. The highest BCUT2D eigenvalue weighted by molar-refractivity contribution is 6.42. The van der Waals surface area contributed by atoms with Crippen molar-refractivity contribution in [2.24, 2.45) is 0 Å². The van der Waals surface area contributed by atoms with E-state index in [0.29, 0.717) is 27.3 Å². The van der Waals surface area contributed by atoms with E-state index in [1.54, 1.807) is 25.1 Å². The van der Waals surface area contributed by atoms with Crippen molar-refractivity contribution >= 4 is 35.1 Å². The van der Waals surface area contributed by atoms with Crippen molar-refractivity contribution in [3.05, 3.63) is 34.1 Å². The van der Waals surface area contributed by atoms with E-state index in [9.17, 15) is 9.59 Å². The molecule has 0 saturated heterocycles. The van der Waals surface area contributed by atoms with Crippen LogP contribution in [0.25, 0.3) is 11.4 Å². The summed E-state index contributed by atoms with van der Waals surface area (Å²) in [6.07, 6.45) is 0. The topological polar surface area (TPSA) is 88.9 Å². The molecular formula is C16H19Cl2N5O2. The van der Waals surface area contributed by atoms with Gasteiger partial charge in [0.1, 0.15) is 12.4 Å². The summed E-state index contributed by atoms with van der Waals surface area (Å²) in [5.41, 5.74) is 0.223. The summed E-state index contributed by atoms with van der Waals surface area (Å²) in [5.74, 6) is 0.448. The molecule has 9 heteroatoms. The Bertz CT molecular complexity index is 811. The standard InChI is InChI=1S/C16H19Cl2N5O2/c1-9-19-14(10-5-6-11(17)12(18)7-10)23(22-9)8-13(24)20-15(25)21-16(2,3)4/h5-7H,8H2,1-4H3,(H2,20,21,24,25). The van der Waals surface area contributed by atoms with Gasteiger partial charge in [0.2, 0.25) is 5.91 Å². The van der Waals surface area contributed by atoms with Crippen LogP contribution in [0.5, 0.6) is 0 Å². The van der Waals surface area contributed by atoms with Crippen LogP contribution in [-0.4, -0.2) is 32.2 Å². The average molecular weight is 384 g/mol. The third-order valence-corrected chi connectivity index (χ3v) is 3.73. The van der Waals surface area contributed by atoms with Crippen LogP contribution in [0, 0.1) is 6.92 Å². The molecule has 1 heterocycles. The number of halogens is 2. The smallest absolute Gasteiger partial charge is 0.321 e. The number of amides is 3. The molecule has 0 aliphatic rings. The zero-order valence-electron chi connectivity index (χ0n) is 14.4. The van der Waals surface area contributed by atoms with Gasteiger partial charge in [0.15, 0.2) is 5.82 Å². The fourth-order valence-electron chi connectivity index (χ4n) is 2.09. The monoisotopic (exact) mass is 383 g/mol. The summed E-state index contributed by atoms with van der Waals surface area (Å²) in [4.78, 5) is 28.2. The molecule has 25 heavy (non-hydrogen) atoms. The third kappa shape index (κ3) is 5.44. The Morgan fingerprint density at radius 1 is 1.20 bits per heavy atom. The van der Waals surface area contributed by atoms with Crippen LogP contribution in [0.1, 0.15) is 26.6 Å². The molecule has 0 fully saturated rings. The second kappa shape index (κ2) is 7.41. The van der Waals surface area contributed by atoms with Gasteiger partial charge in [-0.05, 0) is 45.9 Å². The highest BCUT2D eigenvalue weighted by Gasteiger charge is 2.18. The lowest BCUT2D eigenvalue weighted by Crippen LogP contribution is -2.48. The molecule has 0 saturated carbocycles. The Labute approximate surface area is 155 Å². The van der Waals surface area contributed by atoms with Crippen molar-refractivity contribution in [2.75, 3.05) is 0 Å². The number of aromatic nitrogens is 3. The van der Waals surface area contributed by atoms with Crippen LogP contribution in [0.2, 0.25) is 10.0 Å². The highest BCUT2D eigenvalue weighted by Crippen LogP contribution is 2.27. The van der Waals surface area contributed by atoms with E-state index in [1.807, 2.05) is 20.8 Å². The van der Waals surface area contributed by atoms with Crippen molar-refractivity contribution < 1.29 is 9.59 Å². The van der Waals surface area contributed by atoms with E-state index in [0.717, 1.165) is 0 Å². The summed E-state index contributed by atoms with van der Waals surface area (Å²) in [6.45, 7) is 7.01. The van der Waals surface area contributed by atoms with Crippen molar-refractivity contribution in [1.82, 2.24) is 25.4 Å². The molecular weight excluding hydrogens is 365 g/mol. The average Bonchev–Trinajstić information content (AvgIpc) is 2.80. The number of rotatable bonds is 3. The molecule has 1 aromatic heterocycles. The zero-order valence-corrected chi connectivity index (χ0v) is 15.9. The van der Waals surface area contributed by atoms with Gasteiger partial charge in [0.25, 0.3) is 0 Å². The molecule has 0 bridgehead atoms. The van der Waals surface area contributed by atoms with Gasteiger partial charge in [-0.2, -0.15) is 5.10 Å². The molecule has 0 atom stereocenters. The van der Waals surface area contributed by atoms with Gasteiger partial charge in [0, 0.05) is 11.1 Å². The maximum atomic E-state index is 12.1. The Kier molecular flexibility index (Phi) is 5.69. The fourth-order valence-corrected chi connectivity index (χ4v) is 2.39. The Hall–Kier alpha value is -2.12. The fraction of sp³-hybridized carbons (Fsp3) is 0.375. The Morgan fingerprint density at radius 2 is 1.88 bits per heavy atom. The molecule has 2 aromatic rings. The van der Waals surface area contributed by atoms with Crippen molar-refractivity contribution in [2.45, 2.75) is 39.8 Å². The predicted molar refractivity (Wildman–Crippen MR) is 96.6 cm³/mol. The second-order valence-corrected chi connectivity index (χ2v) is 7.34. The molecule has 0 aliphatic heterocycles. The van der Waals surface area contributed by atoms with Gasteiger partial charge in [-0.1, -0.05) is 23.2 Å². The number of imide groups is 1. The minimum Gasteiger partial charge on any atom is -0.333 e. The molecule has 0 aliphatic carbocycles.